The van der Waals surface area contributed by atoms with Crippen LogP contribution in [0.2, 0.25) is 0 Å². The summed E-state index contributed by atoms with van der Waals surface area (Å²) in [6.45, 7) is 4.47. The van der Waals surface area contributed by atoms with Gasteiger partial charge in [-0.1, -0.05) is 48.0 Å². The van der Waals surface area contributed by atoms with Crippen LogP contribution in [0.1, 0.15) is 34.0 Å². The van der Waals surface area contributed by atoms with Crippen LogP contribution in [0, 0.1) is 6.92 Å². The van der Waals surface area contributed by atoms with Crippen LogP contribution >= 0.6 is 0 Å². The highest BCUT2D eigenvalue weighted by Crippen LogP contribution is 2.24. The number of ether oxygens (including phenoxy) is 1. The normalized spacial score (nSPS) is 14.1. The number of fused-ring (bicyclic) bond motifs is 1. The number of nitrogens with zero attached hydrogens (tertiary/aromatic N) is 2. The molecule has 0 spiro atoms. The maximum absolute atomic E-state index is 13.1. The molecule has 1 heterocycles. The Kier molecular flexibility index (Phi) is 6.93. The van der Waals surface area contributed by atoms with E-state index in [2.05, 4.69) is 6.07 Å². The summed E-state index contributed by atoms with van der Waals surface area (Å²) in [6, 6.07) is 20.7. The highest BCUT2D eigenvalue weighted by molar-refractivity contribution is 7.92. The van der Waals surface area contributed by atoms with Crippen LogP contribution in [-0.4, -0.2) is 44.9 Å². The molecule has 0 saturated carbocycles. The number of aryl methyl sites for hydroxylation is 1. The third kappa shape index (κ3) is 5.22. The maximum atomic E-state index is 13.1. The van der Waals surface area contributed by atoms with Crippen LogP contribution in [0.25, 0.3) is 0 Å². The molecule has 3 aromatic carbocycles. The summed E-state index contributed by atoms with van der Waals surface area (Å²) in [4.78, 5) is 27.4. The number of hydrogen-bond acceptors (Lipinski definition) is 5. The van der Waals surface area contributed by atoms with E-state index in [9.17, 15) is 18.0 Å². The van der Waals surface area contributed by atoms with E-state index in [4.69, 9.17) is 4.74 Å². The van der Waals surface area contributed by atoms with Crippen molar-refractivity contribution in [3.05, 3.63) is 95.1 Å². The Labute approximate surface area is 206 Å². The minimum atomic E-state index is -3.90. The van der Waals surface area contributed by atoms with Gasteiger partial charge in [0.1, 0.15) is 0 Å². The molecule has 1 aliphatic heterocycles. The Morgan fingerprint density at radius 3 is 2.37 bits per heavy atom. The van der Waals surface area contributed by atoms with Crippen molar-refractivity contribution in [2.24, 2.45) is 0 Å². The lowest BCUT2D eigenvalue weighted by Crippen LogP contribution is -2.42. The zero-order valence-corrected chi connectivity index (χ0v) is 20.8. The number of hydrogen-bond donors (Lipinski definition) is 0. The van der Waals surface area contributed by atoms with Gasteiger partial charge in [-0.3, -0.25) is 9.10 Å². The van der Waals surface area contributed by atoms with Crippen LogP contribution in [0.15, 0.2) is 77.7 Å². The fourth-order valence-corrected chi connectivity index (χ4v) is 5.30. The SMILES string of the molecule is Cc1ccc(N(C)S(=O)(=O)c2cccc(C(=O)OC(C)C(=O)N3CCc4ccccc4C3)c2)cc1. The Balaban J connectivity index is 1.46. The average Bonchev–Trinajstić information content (AvgIpc) is 2.88. The molecule has 0 aliphatic carbocycles. The first-order valence-electron chi connectivity index (χ1n) is 11.4. The van der Waals surface area contributed by atoms with Crippen molar-refractivity contribution in [2.75, 3.05) is 17.9 Å². The second-order valence-electron chi connectivity index (χ2n) is 8.66. The van der Waals surface area contributed by atoms with Gasteiger partial charge in [0.05, 0.1) is 16.1 Å². The maximum Gasteiger partial charge on any atom is 0.338 e. The van der Waals surface area contributed by atoms with Gasteiger partial charge in [-0.25, -0.2) is 13.2 Å². The molecule has 0 fully saturated rings. The first-order chi connectivity index (χ1) is 16.7. The van der Waals surface area contributed by atoms with Crippen molar-refractivity contribution in [3.8, 4) is 0 Å². The fraction of sp³-hybridized carbons (Fsp3) is 0.259. The molecule has 3 aromatic rings. The van der Waals surface area contributed by atoms with Gasteiger partial charge in [-0.05, 0) is 61.7 Å². The predicted molar refractivity (Wildman–Crippen MR) is 134 cm³/mol. The molecular weight excluding hydrogens is 464 g/mol. The van der Waals surface area contributed by atoms with Gasteiger partial charge in [-0.15, -0.1) is 0 Å². The molecule has 1 aliphatic rings. The van der Waals surface area contributed by atoms with E-state index in [-0.39, 0.29) is 16.4 Å². The van der Waals surface area contributed by atoms with E-state index in [1.54, 1.807) is 17.0 Å². The summed E-state index contributed by atoms with van der Waals surface area (Å²) in [6.07, 6.45) is -0.250. The standard InChI is InChI=1S/C27H28N2O5S/c1-19-11-13-24(14-12-19)28(3)35(32,33)25-10-6-9-22(17-25)27(31)34-20(2)26(30)29-16-15-21-7-4-5-8-23(21)18-29/h4-14,17,20H,15-16,18H2,1-3H3. The van der Waals surface area contributed by atoms with Gasteiger partial charge in [0.15, 0.2) is 6.10 Å². The molecule has 4 rings (SSSR count). The number of benzene rings is 3. The third-order valence-corrected chi connectivity index (χ3v) is 7.98. The topological polar surface area (TPSA) is 84.0 Å². The molecule has 0 bridgehead atoms. The van der Waals surface area contributed by atoms with Gasteiger partial charge in [0.25, 0.3) is 15.9 Å². The molecule has 7 nitrogen and oxygen atoms in total. The predicted octanol–water partition coefficient (Wildman–Crippen LogP) is 3.95. The fourth-order valence-electron chi connectivity index (χ4n) is 4.06. The summed E-state index contributed by atoms with van der Waals surface area (Å²) in [5.74, 6) is -1.03. The van der Waals surface area contributed by atoms with Gasteiger partial charge in [0.2, 0.25) is 0 Å². The first-order valence-corrected chi connectivity index (χ1v) is 12.8. The van der Waals surface area contributed by atoms with Crippen molar-refractivity contribution >= 4 is 27.6 Å². The van der Waals surface area contributed by atoms with Crippen LogP contribution < -0.4 is 4.31 Å². The summed E-state index contributed by atoms with van der Waals surface area (Å²) in [5.41, 5.74) is 3.88. The van der Waals surface area contributed by atoms with Crippen molar-refractivity contribution in [2.45, 2.75) is 37.8 Å². The molecular formula is C27H28N2O5S. The summed E-state index contributed by atoms with van der Waals surface area (Å²) in [7, 11) is -2.44. The number of rotatable bonds is 6. The van der Waals surface area contributed by atoms with Crippen LogP contribution in [0.4, 0.5) is 5.69 Å². The van der Waals surface area contributed by atoms with E-state index < -0.39 is 22.1 Å². The number of carbonyl (C=O) groups is 2. The largest absolute Gasteiger partial charge is 0.449 e. The molecule has 1 amide bonds. The van der Waals surface area contributed by atoms with E-state index >= 15 is 0 Å². The molecule has 0 N–H and O–H groups in total. The number of esters is 1. The highest BCUT2D eigenvalue weighted by Gasteiger charge is 2.28. The van der Waals surface area contributed by atoms with Crippen LogP contribution in [0.3, 0.4) is 0 Å². The number of sulfonamides is 1. The van der Waals surface area contributed by atoms with Gasteiger partial charge >= 0.3 is 5.97 Å². The molecule has 8 heteroatoms. The summed E-state index contributed by atoms with van der Waals surface area (Å²) < 4.78 is 32.9. The molecule has 1 unspecified atom stereocenters. The molecule has 0 saturated heterocycles. The van der Waals surface area contributed by atoms with Gasteiger partial charge < -0.3 is 9.64 Å². The van der Waals surface area contributed by atoms with Crippen LogP contribution in [0.5, 0.6) is 0 Å². The zero-order valence-electron chi connectivity index (χ0n) is 20.0. The van der Waals surface area contributed by atoms with E-state index in [1.807, 2.05) is 37.3 Å². The number of carbonyl (C=O) groups excluding carboxylic acids is 2. The monoisotopic (exact) mass is 492 g/mol. The quantitative estimate of drug-likeness (QED) is 0.487. The van der Waals surface area contributed by atoms with Crippen molar-refractivity contribution in [1.82, 2.24) is 4.90 Å². The van der Waals surface area contributed by atoms with E-state index in [0.29, 0.717) is 18.8 Å². The van der Waals surface area contributed by atoms with Gasteiger partial charge in [-0.2, -0.15) is 0 Å². The Morgan fingerprint density at radius 2 is 1.66 bits per heavy atom. The van der Waals surface area contributed by atoms with E-state index in [1.165, 1.54) is 43.8 Å². The molecule has 182 valence electrons. The Bertz CT molecular complexity index is 1350. The number of amides is 1. The average molecular weight is 493 g/mol. The smallest absolute Gasteiger partial charge is 0.338 e. The van der Waals surface area contributed by atoms with E-state index in [0.717, 1.165) is 21.9 Å². The summed E-state index contributed by atoms with van der Waals surface area (Å²) in [5, 5.41) is 0. The molecule has 0 aromatic heterocycles. The van der Waals surface area contributed by atoms with Crippen molar-refractivity contribution < 1.29 is 22.7 Å². The molecule has 1 atom stereocenters. The first kappa shape index (κ1) is 24.5. The Morgan fingerprint density at radius 1 is 0.971 bits per heavy atom. The van der Waals surface area contributed by atoms with Gasteiger partial charge in [0, 0.05) is 20.1 Å². The summed E-state index contributed by atoms with van der Waals surface area (Å²) >= 11 is 0. The minimum absolute atomic E-state index is 0.0401. The van der Waals surface area contributed by atoms with Crippen LogP contribution in [-0.2, 0) is 32.5 Å². The second kappa shape index (κ2) is 9.92. The zero-order chi connectivity index (χ0) is 25.2. The lowest BCUT2D eigenvalue weighted by atomic mass is 9.99. The highest BCUT2D eigenvalue weighted by atomic mass is 32.2. The Hall–Kier alpha value is -3.65. The van der Waals surface area contributed by atoms with Crippen molar-refractivity contribution in [3.63, 3.8) is 0 Å². The lowest BCUT2D eigenvalue weighted by Gasteiger charge is -2.30. The van der Waals surface area contributed by atoms with Crippen molar-refractivity contribution in [1.29, 1.82) is 0 Å². The second-order valence-corrected chi connectivity index (χ2v) is 10.6. The number of anilines is 1. The third-order valence-electron chi connectivity index (χ3n) is 6.20. The lowest BCUT2D eigenvalue weighted by molar-refractivity contribution is -0.140. The minimum Gasteiger partial charge on any atom is -0.449 e. The molecule has 0 radical (unpaired) electrons. The molecule has 35 heavy (non-hydrogen) atoms.